The Kier molecular flexibility index (Phi) is 3.70. The van der Waals surface area contributed by atoms with Gasteiger partial charge in [-0.3, -0.25) is 0 Å². The van der Waals surface area contributed by atoms with Gasteiger partial charge in [0.05, 0.1) is 0 Å². The van der Waals surface area contributed by atoms with Crippen molar-refractivity contribution in [1.29, 1.82) is 0 Å². The van der Waals surface area contributed by atoms with E-state index in [4.69, 9.17) is 5.11 Å². The van der Waals surface area contributed by atoms with Gasteiger partial charge in [-0.05, 0) is 24.1 Å². The van der Waals surface area contributed by atoms with Gasteiger partial charge in [0, 0.05) is 17.0 Å². The maximum atomic E-state index is 8.99. The van der Waals surface area contributed by atoms with Crippen LogP contribution in [0.25, 0.3) is 6.08 Å². The van der Waals surface area contributed by atoms with Crippen LogP contribution in [0, 0.1) is 6.92 Å². The van der Waals surface area contributed by atoms with Crippen LogP contribution < -0.4 is 0 Å². The van der Waals surface area contributed by atoms with E-state index in [1.54, 1.807) is 6.08 Å². The highest BCUT2D eigenvalue weighted by Crippen LogP contribution is 2.26. The Morgan fingerprint density at radius 2 is 2.23 bits per heavy atom. The second-order valence-electron chi connectivity index (χ2n) is 2.83. The summed E-state index contributed by atoms with van der Waals surface area (Å²) in [5, 5.41) is 8.99. The van der Waals surface area contributed by atoms with E-state index in [1.165, 1.54) is 0 Å². The van der Waals surface area contributed by atoms with Crippen molar-refractivity contribution < 1.29 is 5.11 Å². The minimum absolute atomic E-state index is 0.0529. The molecule has 1 radical (unpaired) electrons. The van der Waals surface area contributed by atoms with Gasteiger partial charge in [-0.15, -0.1) is 0 Å². The summed E-state index contributed by atoms with van der Waals surface area (Å²) in [6.45, 7) is 7.64. The quantitative estimate of drug-likeness (QED) is 0.860. The molecule has 0 aromatic heterocycles. The van der Waals surface area contributed by atoms with Crippen LogP contribution in [0.5, 0.6) is 0 Å². The molecule has 0 aliphatic rings. The first-order valence-electron chi connectivity index (χ1n) is 4.05. The maximum absolute atomic E-state index is 8.99. The lowest BCUT2D eigenvalue weighted by Gasteiger charge is -2.12. The van der Waals surface area contributed by atoms with Crippen molar-refractivity contribution in [3.05, 3.63) is 47.3 Å². The van der Waals surface area contributed by atoms with Gasteiger partial charge in [0.1, 0.15) is 0 Å². The predicted octanol–water partition coefficient (Wildman–Crippen LogP) is 3.00. The smallest absolute Gasteiger partial charge is 0.0499 e. The zero-order valence-corrected chi connectivity index (χ0v) is 8.92. The average molecular weight is 240 g/mol. The number of aliphatic hydroxyl groups excluding tert-OH is 1. The largest absolute Gasteiger partial charge is 0.396 e. The molecule has 1 aromatic rings. The standard InChI is InChI=1S/C11H12BrO/c1-3-9-10(8(2)7-13)5-4-6-11(9)12/h3-6,8,13H,1-2,7H2. The topological polar surface area (TPSA) is 20.2 Å². The molecule has 1 N–H and O–H groups in total. The molecule has 13 heavy (non-hydrogen) atoms. The van der Waals surface area contributed by atoms with E-state index in [1.807, 2.05) is 18.2 Å². The van der Waals surface area contributed by atoms with Crippen LogP contribution in [0.4, 0.5) is 0 Å². The Labute approximate surface area is 87.2 Å². The van der Waals surface area contributed by atoms with E-state index < -0.39 is 0 Å². The lowest BCUT2D eigenvalue weighted by molar-refractivity contribution is 0.282. The second kappa shape index (κ2) is 4.58. The molecular weight excluding hydrogens is 228 g/mol. The zero-order chi connectivity index (χ0) is 9.84. The Morgan fingerprint density at radius 3 is 2.77 bits per heavy atom. The van der Waals surface area contributed by atoms with Gasteiger partial charge in [0.15, 0.2) is 0 Å². The summed E-state index contributed by atoms with van der Waals surface area (Å²) < 4.78 is 0.988. The van der Waals surface area contributed by atoms with Gasteiger partial charge < -0.3 is 5.11 Å². The zero-order valence-electron chi connectivity index (χ0n) is 7.33. The predicted molar refractivity (Wildman–Crippen MR) is 59.4 cm³/mol. The van der Waals surface area contributed by atoms with Crippen LogP contribution >= 0.6 is 15.9 Å². The molecule has 0 heterocycles. The highest BCUT2D eigenvalue weighted by Gasteiger charge is 2.09. The van der Waals surface area contributed by atoms with Crippen molar-refractivity contribution in [1.82, 2.24) is 0 Å². The van der Waals surface area contributed by atoms with Crippen LogP contribution in [0.2, 0.25) is 0 Å². The van der Waals surface area contributed by atoms with E-state index >= 15 is 0 Å². The van der Waals surface area contributed by atoms with Gasteiger partial charge in [-0.25, -0.2) is 0 Å². The third-order valence-corrected chi connectivity index (χ3v) is 2.64. The molecule has 0 saturated carbocycles. The van der Waals surface area contributed by atoms with Crippen molar-refractivity contribution in [3.63, 3.8) is 0 Å². The molecule has 0 bridgehead atoms. The molecule has 0 amide bonds. The lowest BCUT2D eigenvalue weighted by atomic mass is 9.96. The number of halogens is 1. The molecule has 1 aromatic carbocycles. The molecule has 1 rings (SSSR count). The molecule has 0 fully saturated rings. The number of benzene rings is 1. The number of hydrogen-bond acceptors (Lipinski definition) is 1. The first-order chi connectivity index (χ1) is 6.20. The Morgan fingerprint density at radius 1 is 1.54 bits per heavy atom. The van der Waals surface area contributed by atoms with Crippen LogP contribution in [-0.4, -0.2) is 11.7 Å². The summed E-state index contributed by atoms with van der Waals surface area (Å²) in [5.74, 6) is -0.0921. The Balaban J connectivity index is 3.19. The van der Waals surface area contributed by atoms with Crippen molar-refractivity contribution in [2.45, 2.75) is 5.92 Å². The van der Waals surface area contributed by atoms with Crippen LogP contribution in [0.3, 0.4) is 0 Å². The summed E-state index contributed by atoms with van der Waals surface area (Å²) in [6.07, 6.45) is 1.77. The molecule has 2 heteroatoms. The van der Waals surface area contributed by atoms with E-state index in [-0.39, 0.29) is 12.5 Å². The second-order valence-corrected chi connectivity index (χ2v) is 3.68. The summed E-state index contributed by atoms with van der Waals surface area (Å²) in [6, 6.07) is 5.83. The van der Waals surface area contributed by atoms with E-state index in [9.17, 15) is 0 Å². The van der Waals surface area contributed by atoms with Crippen LogP contribution in [-0.2, 0) is 0 Å². The maximum Gasteiger partial charge on any atom is 0.0499 e. The fourth-order valence-corrected chi connectivity index (χ4v) is 1.77. The summed E-state index contributed by atoms with van der Waals surface area (Å²) >= 11 is 3.42. The number of hydrogen-bond donors (Lipinski definition) is 1. The summed E-state index contributed by atoms with van der Waals surface area (Å²) in [5.41, 5.74) is 2.03. The number of aliphatic hydroxyl groups is 1. The molecule has 1 unspecified atom stereocenters. The Hall–Kier alpha value is -0.600. The molecule has 0 aliphatic heterocycles. The van der Waals surface area contributed by atoms with Crippen molar-refractivity contribution in [2.24, 2.45) is 0 Å². The average Bonchev–Trinajstić information content (AvgIpc) is 2.16. The Bertz CT molecular complexity index is 307. The molecule has 69 valence electrons. The molecule has 0 saturated heterocycles. The fourth-order valence-electron chi connectivity index (χ4n) is 1.22. The van der Waals surface area contributed by atoms with Crippen LogP contribution in [0.15, 0.2) is 29.3 Å². The van der Waals surface area contributed by atoms with Gasteiger partial charge in [-0.1, -0.05) is 40.7 Å². The van der Waals surface area contributed by atoms with Gasteiger partial charge in [0.2, 0.25) is 0 Å². The van der Waals surface area contributed by atoms with Gasteiger partial charge >= 0.3 is 0 Å². The highest BCUT2D eigenvalue weighted by atomic mass is 79.9. The molecular formula is C11H12BrO. The van der Waals surface area contributed by atoms with E-state index in [2.05, 4.69) is 29.4 Å². The third kappa shape index (κ3) is 2.20. The SMILES string of the molecule is [CH2]C(CO)c1cccc(Br)c1C=C. The monoisotopic (exact) mass is 239 g/mol. The molecule has 0 aliphatic carbocycles. The van der Waals surface area contributed by atoms with Gasteiger partial charge in [0.25, 0.3) is 0 Å². The fraction of sp³-hybridized carbons (Fsp3) is 0.182. The van der Waals surface area contributed by atoms with Gasteiger partial charge in [-0.2, -0.15) is 0 Å². The highest BCUT2D eigenvalue weighted by molar-refractivity contribution is 9.10. The van der Waals surface area contributed by atoms with Crippen molar-refractivity contribution in [2.75, 3.05) is 6.61 Å². The normalized spacial score (nSPS) is 12.5. The lowest BCUT2D eigenvalue weighted by Crippen LogP contribution is -2.01. The summed E-state index contributed by atoms with van der Waals surface area (Å²) in [4.78, 5) is 0. The number of rotatable bonds is 3. The minimum Gasteiger partial charge on any atom is -0.396 e. The molecule has 1 atom stereocenters. The van der Waals surface area contributed by atoms with E-state index in [0.717, 1.165) is 15.6 Å². The molecule has 0 spiro atoms. The third-order valence-electron chi connectivity index (χ3n) is 1.95. The molecule has 1 nitrogen and oxygen atoms in total. The first kappa shape index (κ1) is 10.5. The minimum atomic E-state index is -0.0921. The summed E-state index contributed by atoms with van der Waals surface area (Å²) in [7, 11) is 0. The van der Waals surface area contributed by atoms with E-state index in [0.29, 0.717) is 0 Å². The van der Waals surface area contributed by atoms with Crippen molar-refractivity contribution in [3.8, 4) is 0 Å². The van der Waals surface area contributed by atoms with Crippen molar-refractivity contribution >= 4 is 22.0 Å². The van der Waals surface area contributed by atoms with Crippen LogP contribution in [0.1, 0.15) is 17.0 Å². The first-order valence-corrected chi connectivity index (χ1v) is 4.84.